The first kappa shape index (κ1) is 13.6. The Morgan fingerprint density at radius 2 is 2.11 bits per heavy atom. The molecule has 0 atom stereocenters. The second-order valence-corrected chi connectivity index (χ2v) is 4.57. The van der Waals surface area contributed by atoms with E-state index in [2.05, 4.69) is 21.4 Å². The second kappa shape index (κ2) is 5.87. The molecule has 0 saturated carbocycles. The van der Waals surface area contributed by atoms with E-state index < -0.39 is 0 Å². The third kappa shape index (κ3) is 2.95. The van der Waals surface area contributed by atoms with E-state index in [1.54, 1.807) is 18.2 Å². The minimum atomic E-state index is 0.403. The minimum absolute atomic E-state index is 0.403. The van der Waals surface area contributed by atoms with Crippen molar-refractivity contribution < 1.29 is 0 Å². The Hall–Kier alpha value is -1.83. The standard InChI is InChI=1S/C13H10Cl2N4/c1-2-10-12(15)17-7-18-13(10)19-11-5-9(14)4-3-8(11)6-16/h3-5,7H,2H2,1H3,(H,17,18,19). The molecule has 0 aliphatic heterocycles. The molecule has 0 spiro atoms. The van der Waals surface area contributed by atoms with Crippen LogP contribution in [0, 0.1) is 11.3 Å². The smallest absolute Gasteiger partial charge is 0.138 e. The molecule has 1 N–H and O–H groups in total. The Kier molecular flexibility index (Phi) is 4.20. The van der Waals surface area contributed by atoms with Crippen LogP contribution in [-0.2, 0) is 6.42 Å². The highest BCUT2D eigenvalue weighted by Gasteiger charge is 2.10. The maximum atomic E-state index is 9.08. The Balaban J connectivity index is 2.45. The van der Waals surface area contributed by atoms with Crippen molar-refractivity contribution in [3.05, 3.63) is 45.8 Å². The summed E-state index contributed by atoms with van der Waals surface area (Å²) in [5, 5.41) is 13.1. The van der Waals surface area contributed by atoms with E-state index in [1.807, 2.05) is 6.92 Å². The minimum Gasteiger partial charge on any atom is -0.339 e. The molecule has 2 aromatic rings. The van der Waals surface area contributed by atoms with Gasteiger partial charge in [-0.2, -0.15) is 5.26 Å². The van der Waals surface area contributed by atoms with Gasteiger partial charge in [-0.25, -0.2) is 9.97 Å². The van der Waals surface area contributed by atoms with E-state index >= 15 is 0 Å². The lowest BCUT2D eigenvalue weighted by atomic mass is 10.2. The van der Waals surface area contributed by atoms with E-state index in [9.17, 15) is 0 Å². The number of aromatic nitrogens is 2. The van der Waals surface area contributed by atoms with E-state index in [-0.39, 0.29) is 0 Å². The van der Waals surface area contributed by atoms with Gasteiger partial charge in [0.05, 0.1) is 11.3 Å². The van der Waals surface area contributed by atoms with Crippen molar-refractivity contribution in [3.63, 3.8) is 0 Å². The zero-order valence-electron chi connectivity index (χ0n) is 10.1. The lowest BCUT2D eigenvalue weighted by molar-refractivity contribution is 1.05. The van der Waals surface area contributed by atoms with Crippen LogP contribution < -0.4 is 5.32 Å². The van der Waals surface area contributed by atoms with Crippen molar-refractivity contribution in [1.29, 1.82) is 5.26 Å². The number of hydrogen-bond acceptors (Lipinski definition) is 4. The lowest BCUT2D eigenvalue weighted by Crippen LogP contribution is -2.02. The van der Waals surface area contributed by atoms with Gasteiger partial charge in [0.1, 0.15) is 23.4 Å². The van der Waals surface area contributed by atoms with Crippen molar-refractivity contribution in [1.82, 2.24) is 9.97 Å². The average molecular weight is 293 g/mol. The van der Waals surface area contributed by atoms with Crippen LogP contribution in [0.15, 0.2) is 24.5 Å². The zero-order valence-corrected chi connectivity index (χ0v) is 11.6. The van der Waals surface area contributed by atoms with Gasteiger partial charge in [0.25, 0.3) is 0 Å². The number of benzene rings is 1. The Labute approximate surface area is 121 Å². The molecule has 1 aromatic heterocycles. The van der Waals surface area contributed by atoms with Crippen molar-refractivity contribution >= 4 is 34.7 Å². The highest BCUT2D eigenvalue weighted by molar-refractivity contribution is 6.31. The molecule has 0 amide bonds. The maximum Gasteiger partial charge on any atom is 0.138 e. The summed E-state index contributed by atoms with van der Waals surface area (Å²) in [6.07, 6.45) is 2.06. The molecule has 1 aromatic carbocycles. The van der Waals surface area contributed by atoms with Gasteiger partial charge in [-0.3, -0.25) is 0 Å². The topological polar surface area (TPSA) is 61.6 Å². The summed E-state index contributed by atoms with van der Waals surface area (Å²) < 4.78 is 0. The highest BCUT2D eigenvalue weighted by Crippen LogP contribution is 2.27. The Morgan fingerprint density at radius 1 is 1.32 bits per heavy atom. The number of halogens is 2. The molecular weight excluding hydrogens is 283 g/mol. The van der Waals surface area contributed by atoms with Gasteiger partial charge >= 0.3 is 0 Å². The van der Waals surface area contributed by atoms with Crippen molar-refractivity contribution in [2.75, 3.05) is 5.32 Å². The van der Waals surface area contributed by atoms with Crippen LogP contribution in [0.2, 0.25) is 10.2 Å². The van der Waals surface area contributed by atoms with Crippen LogP contribution in [0.4, 0.5) is 11.5 Å². The number of nitrogens with zero attached hydrogens (tertiary/aromatic N) is 3. The number of hydrogen-bond donors (Lipinski definition) is 1. The largest absolute Gasteiger partial charge is 0.339 e. The van der Waals surface area contributed by atoms with Crippen molar-refractivity contribution in [3.8, 4) is 6.07 Å². The normalized spacial score (nSPS) is 10.0. The third-order valence-electron chi connectivity index (χ3n) is 2.60. The molecule has 1 heterocycles. The molecule has 0 aliphatic carbocycles. The zero-order chi connectivity index (χ0) is 13.8. The summed E-state index contributed by atoms with van der Waals surface area (Å²) in [6, 6.07) is 7.09. The number of nitriles is 1. The molecule has 0 saturated heterocycles. The van der Waals surface area contributed by atoms with E-state index in [0.29, 0.717) is 33.7 Å². The van der Waals surface area contributed by atoms with Gasteiger partial charge in [-0.05, 0) is 24.6 Å². The average Bonchev–Trinajstić information content (AvgIpc) is 2.39. The monoisotopic (exact) mass is 292 g/mol. The van der Waals surface area contributed by atoms with Crippen LogP contribution >= 0.6 is 23.2 Å². The number of nitrogens with one attached hydrogen (secondary N) is 1. The summed E-state index contributed by atoms with van der Waals surface area (Å²) >= 11 is 12.0. The first-order valence-corrected chi connectivity index (χ1v) is 6.37. The van der Waals surface area contributed by atoms with Crippen molar-refractivity contribution in [2.24, 2.45) is 0 Å². The fourth-order valence-corrected chi connectivity index (χ4v) is 2.10. The fraction of sp³-hybridized carbons (Fsp3) is 0.154. The predicted octanol–water partition coefficient (Wildman–Crippen LogP) is 3.96. The summed E-state index contributed by atoms with van der Waals surface area (Å²) in [5.41, 5.74) is 1.88. The number of rotatable bonds is 3. The lowest BCUT2D eigenvalue weighted by Gasteiger charge is -2.11. The van der Waals surface area contributed by atoms with Gasteiger partial charge in [0.15, 0.2) is 0 Å². The molecular formula is C13H10Cl2N4. The summed E-state index contributed by atoms with van der Waals surface area (Å²) in [7, 11) is 0. The predicted molar refractivity (Wildman–Crippen MR) is 75.9 cm³/mol. The molecule has 2 rings (SSSR count). The van der Waals surface area contributed by atoms with Gasteiger partial charge < -0.3 is 5.32 Å². The SMILES string of the molecule is CCc1c(Cl)ncnc1Nc1cc(Cl)ccc1C#N. The van der Waals surface area contributed by atoms with Gasteiger partial charge in [-0.1, -0.05) is 30.1 Å². The first-order chi connectivity index (χ1) is 9.15. The molecule has 0 radical (unpaired) electrons. The van der Waals surface area contributed by atoms with E-state index in [1.165, 1.54) is 6.33 Å². The molecule has 0 fully saturated rings. The molecule has 19 heavy (non-hydrogen) atoms. The summed E-state index contributed by atoms with van der Waals surface area (Å²) in [6.45, 7) is 1.96. The maximum absolute atomic E-state index is 9.08. The first-order valence-electron chi connectivity index (χ1n) is 5.61. The van der Waals surface area contributed by atoms with Crippen LogP contribution in [0.5, 0.6) is 0 Å². The summed E-state index contributed by atoms with van der Waals surface area (Å²) in [5.74, 6) is 0.585. The molecule has 96 valence electrons. The van der Waals surface area contributed by atoms with Gasteiger partial charge in [0.2, 0.25) is 0 Å². The summed E-state index contributed by atoms with van der Waals surface area (Å²) in [4.78, 5) is 8.09. The molecule has 0 bridgehead atoms. The van der Waals surface area contributed by atoms with Crippen molar-refractivity contribution in [2.45, 2.75) is 13.3 Å². The molecule has 0 unspecified atom stereocenters. The van der Waals surface area contributed by atoms with Crippen LogP contribution in [0.1, 0.15) is 18.1 Å². The quantitative estimate of drug-likeness (QED) is 0.870. The van der Waals surface area contributed by atoms with E-state index in [0.717, 1.165) is 5.56 Å². The molecule has 6 heteroatoms. The van der Waals surface area contributed by atoms with Crippen LogP contribution in [0.25, 0.3) is 0 Å². The highest BCUT2D eigenvalue weighted by atomic mass is 35.5. The molecule has 0 aliphatic rings. The Morgan fingerprint density at radius 3 is 2.79 bits per heavy atom. The Bertz CT molecular complexity index is 650. The van der Waals surface area contributed by atoms with Gasteiger partial charge in [0, 0.05) is 10.6 Å². The fourth-order valence-electron chi connectivity index (χ4n) is 1.66. The van der Waals surface area contributed by atoms with Gasteiger partial charge in [-0.15, -0.1) is 0 Å². The van der Waals surface area contributed by atoms with E-state index in [4.69, 9.17) is 28.5 Å². The second-order valence-electron chi connectivity index (χ2n) is 3.77. The van der Waals surface area contributed by atoms with Crippen LogP contribution in [-0.4, -0.2) is 9.97 Å². The van der Waals surface area contributed by atoms with Crippen LogP contribution in [0.3, 0.4) is 0 Å². The third-order valence-corrected chi connectivity index (χ3v) is 3.16. The number of anilines is 2. The molecule has 4 nitrogen and oxygen atoms in total.